The molecule has 1 aromatic rings. The highest BCUT2D eigenvalue weighted by atomic mass is 32.1. The normalized spacial score (nSPS) is 13.0. The van der Waals surface area contributed by atoms with Crippen molar-refractivity contribution in [3.8, 4) is 0 Å². The number of methoxy groups -OCH3 is 1. The number of hydrogen-bond donors (Lipinski definition) is 1. The molecule has 80 valence electrons. The summed E-state index contributed by atoms with van der Waals surface area (Å²) in [5, 5.41) is 7.87. The molecule has 3 heteroatoms. The Bertz CT molecular complexity index is 215. The first-order valence-electron chi connectivity index (χ1n) is 5.13. The van der Waals surface area contributed by atoms with Crippen LogP contribution in [-0.2, 0) is 4.74 Å². The lowest BCUT2D eigenvalue weighted by Gasteiger charge is -2.16. The minimum Gasteiger partial charge on any atom is -0.385 e. The van der Waals surface area contributed by atoms with Crippen LogP contribution in [0.4, 0.5) is 0 Å². The molecule has 0 radical (unpaired) electrons. The van der Waals surface area contributed by atoms with Crippen LogP contribution in [-0.4, -0.2) is 20.3 Å². The van der Waals surface area contributed by atoms with Gasteiger partial charge in [-0.25, -0.2) is 0 Å². The van der Waals surface area contributed by atoms with Gasteiger partial charge in [0.1, 0.15) is 0 Å². The largest absolute Gasteiger partial charge is 0.385 e. The first-order chi connectivity index (χ1) is 6.88. The van der Waals surface area contributed by atoms with Crippen LogP contribution in [0.3, 0.4) is 0 Å². The van der Waals surface area contributed by atoms with Gasteiger partial charge in [-0.1, -0.05) is 6.92 Å². The SMILES string of the molecule is CCCNC(CCOC)c1ccsc1. The van der Waals surface area contributed by atoms with Crippen molar-refractivity contribution < 1.29 is 4.74 Å². The Kier molecular flexibility index (Phi) is 5.83. The van der Waals surface area contributed by atoms with E-state index in [1.54, 1.807) is 18.4 Å². The van der Waals surface area contributed by atoms with Crippen LogP contribution in [0.2, 0.25) is 0 Å². The van der Waals surface area contributed by atoms with Crippen molar-refractivity contribution >= 4 is 11.3 Å². The summed E-state index contributed by atoms with van der Waals surface area (Å²) in [4.78, 5) is 0. The van der Waals surface area contributed by atoms with E-state index < -0.39 is 0 Å². The van der Waals surface area contributed by atoms with Crippen molar-refractivity contribution in [1.82, 2.24) is 5.32 Å². The van der Waals surface area contributed by atoms with E-state index in [1.807, 2.05) is 0 Å². The molecule has 0 aliphatic heterocycles. The van der Waals surface area contributed by atoms with Crippen molar-refractivity contribution in [2.45, 2.75) is 25.8 Å². The van der Waals surface area contributed by atoms with Gasteiger partial charge >= 0.3 is 0 Å². The van der Waals surface area contributed by atoms with Gasteiger partial charge in [0.05, 0.1) is 0 Å². The Morgan fingerprint density at radius 1 is 1.57 bits per heavy atom. The molecule has 0 aliphatic rings. The highest BCUT2D eigenvalue weighted by Crippen LogP contribution is 2.19. The molecular formula is C11H19NOS. The molecular weight excluding hydrogens is 194 g/mol. The second kappa shape index (κ2) is 6.98. The Balaban J connectivity index is 2.44. The number of hydrogen-bond acceptors (Lipinski definition) is 3. The lowest BCUT2D eigenvalue weighted by molar-refractivity contribution is 0.183. The molecule has 0 amide bonds. The second-order valence-electron chi connectivity index (χ2n) is 3.34. The molecule has 1 atom stereocenters. The Labute approximate surface area is 90.3 Å². The van der Waals surface area contributed by atoms with Crippen molar-refractivity contribution in [2.24, 2.45) is 0 Å². The smallest absolute Gasteiger partial charge is 0.0480 e. The molecule has 2 nitrogen and oxygen atoms in total. The summed E-state index contributed by atoms with van der Waals surface area (Å²) >= 11 is 1.75. The lowest BCUT2D eigenvalue weighted by Crippen LogP contribution is -2.22. The van der Waals surface area contributed by atoms with Gasteiger partial charge in [0.15, 0.2) is 0 Å². The minimum absolute atomic E-state index is 0.459. The van der Waals surface area contributed by atoms with Crippen LogP contribution in [0.1, 0.15) is 31.4 Å². The van der Waals surface area contributed by atoms with Crippen molar-refractivity contribution in [2.75, 3.05) is 20.3 Å². The molecule has 0 saturated heterocycles. The third-order valence-electron chi connectivity index (χ3n) is 2.20. The van der Waals surface area contributed by atoms with E-state index in [-0.39, 0.29) is 0 Å². The summed E-state index contributed by atoms with van der Waals surface area (Å²) in [5.74, 6) is 0. The van der Waals surface area contributed by atoms with E-state index in [0.717, 1.165) is 19.6 Å². The van der Waals surface area contributed by atoms with Gasteiger partial charge in [0.2, 0.25) is 0 Å². The summed E-state index contributed by atoms with van der Waals surface area (Å²) < 4.78 is 5.11. The fraction of sp³-hybridized carbons (Fsp3) is 0.636. The van der Waals surface area contributed by atoms with Crippen molar-refractivity contribution in [3.63, 3.8) is 0 Å². The van der Waals surface area contributed by atoms with Crippen LogP contribution in [0.25, 0.3) is 0 Å². The molecule has 0 bridgehead atoms. The third kappa shape index (κ3) is 3.78. The number of nitrogens with one attached hydrogen (secondary N) is 1. The highest BCUT2D eigenvalue weighted by molar-refractivity contribution is 7.07. The zero-order valence-electron chi connectivity index (χ0n) is 8.95. The zero-order chi connectivity index (χ0) is 10.2. The zero-order valence-corrected chi connectivity index (χ0v) is 9.77. The van der Waals surface area contributed by atoms with Gasteiger partial charge in [0, 0.05) is 19.8 Å². The van der Waals surface area contributed by atoms with E-state index >= 15 is 0 Å². The van der Waals surface area contributed by atoms with Crippen LogP contribution in [0.5, 0.6) is 0 Å². The minimum atomic E-state index is 0.459. The van der Waals surface area contributed by atoms with Gasteiger partial charge in [-0.3, -0.25) is 0 Å². The van der Waals surface area contributed by atoms with Gasteiger partial charge in [-0.15, -0.1) is 0 Å². The quantitative estimate of drug-likeness (QED) is 0.752. The maximum atomic E-state index is 5.11. The molecule has 1 heterocycles. The summed E-state index contributed by atoms with van der Waals surface area (Å²) in [6.07, 6.45) is 2.22. The fourth-order valence-electron chi connectivity index (χ4n) is 1.41. The third-order valence-corrected chi connectivity index (χ3v) is 2.90. The highest BCUT2D eigenvalue weighted by Gasteiger charge is 2.09. The predicted molar refractivity (Wildman–Crippen MR) is 61.8 cm³/mol. The molecule has 1 rings (SSSR count). The van der Waals surface area contributed by atoms with E-state index in [2.05, 4.69) is 29.1 Å². The number of ether oxygens (including phenoxy) is 1. The predicted octanol–water partition coefficient (Wildman–Crippen LogP) is 2.83. The van der Waals surface area contributed by atoms with E-state index in [1.165, 1.54) is 12.0 Å². The first kappa shape index (κ1) is 11.7. The van der Waals surface area contributed by atoms with Crippen molar-refractivity contribution in [3.05, 3.63) is 22.4 Å². The van der Waals surface area contributed by atoms with Gasteiger partial charge in [-0.2, -0.15) is 11.3 Å². The van der Waals surface area contributed by atoms with Crippen LogP contribution >= 0.6 is 11.3 Å². The number of rotatable bonds is 7. The van der Waals surface area contributed by atoms with Crippen LogP contribution < -0.4 is 5.32 Å². The van der Waals surface area contributed by atoms with Gasteiger partial charge in [0.25, 0.3) is 0 Å². The molecule has 14 heavy (non-hydrogen) atoms. The molecule has 0 saturated carbocycles. The average molecular weight is 213 g/mol. The summed E-state index contributed by atoms with van der Waals surface area (Å²) in [7, 11) is 1.75. The topological polar surface area (TPSA) is 21.3 Å². The van der Waals surface area contributed by atoms with Gasteiger partial charge in [-0.05, 0) is 41.8 Å². The van der Waals surface area contributed by atoms with Crippen LogP contribution in [0.15, 0.2) is 16.8 Å². The van der Waals surface area contributed by atoms with Gasteiger partial charge < -0.3 is 10.1 Å². The van der Waals surface area contributed by atoms with Crippen molar-refractivity contribution in [1.29, 1.82) is 0 Å². The fourth-order valence-corrected chi connectivity index (χ4v) is 2.13. The van der Waals surface area contributed by atoms with Crippen LogP contribution in [0, 0.1) is 0 Å². The number of thiophene rings is 1. The average Bonchev–Trinajstić information content (AvgIpc) is 2.71. The maximum absolute atomic E-state index is 5.11. The molecule has 0 aliphatic carbocycles. The Morgan fingerprint density at radius 3 is 3.00 bits per heavy atom. The monoisotopic (exact) mass is 213 g/mol. The molecule has 0 aromatic carbocycles. The van der Waals surface area contributed by atoms with E-state index in [9.17, 15) is 0 Å². The second-order valence-corrected chi connectivity index (χ2v) is 4.12. The Morgan fingerprint density at radius 2 is 2.43 bits per heavy atom. The molecule has 1 unspecified atom stereocenters. The maximum Gasteiger partial charge on any atom is 0.0480 e. The lowest BCUT2D eigenvalue weighted by atomic mass is 10.1. The van der Waals surface area contributed by atoms with E-state index in [0.29, 0.717) is 6.04 Å². The summed E-state index contributed by atoms with van der Waals surface area (Å²) in [6.45, 7) is 4.08. The molecule has 0 fully saturated rings. The molecule has 0 spiro atoms. The Hall–Kier alpha value is -0.380. The first-order valence-corrected chi connectivity index (χ1v) is 6.07. The summed E-state index contributed by atoms with van der Waals surface area (Å²) in [6, 6.07) is 2.65. The molecule has 1 aromatic heterocycles. The van der Waals surface area contributed by atoms with E-state index in [4.69, 9.17) is 4.74 Å². The molecule has 1 N–H and O–H groups in total. The summed E-state index contributed by atoms with van der Waals surface area (Å²) in [5.41, 5.74) is 1.39. The standard InChI is InChI=1S/C11H19NOS/c1-3-6-12-11(4-7-13-2)10-5-8-14-9-10/h5,8-9,11-12H,3-4,6-7H2,1-2H3.